The van der Waals surface area contributed by atoms with E-state index in [0.29, 0.717) is 24.3 Å². The van der Waals surface area contributed by atoms with Crippen molar-refractivity contribution in [1.29, 1.82) is 0 Å². The molecular weight excluding hydrogens is 420 g/mol. The van der Waals surface area contributed by atoms with E-state index in [4.69, 9.17) is 11.6 Å². The van der Waals surface area contributed by atoms with Gasteiger partial charge in [-0.25, -0.2) is 0 Å². The second-order valence-electron chi connectivity index (χ2n) is 7.92. The van der Waals surface area contributed by atoms with Crippen LogP contribution in [0.25, 0.3) is 0 Å². The molecule has 3 aromatic carbocycles. The fraction of sp³-hybridized carbons (Fsp3) is 0.259. The molecule has 0 heterocycles. The van der Waals surface area contributed by atoms with Crippen molar-refractivity contribution in [2.75, 3.05) is 7.05 Å². The summed E-state index contributed by atoms with van der Waals surface area (Å²) in [4.78, 5) is 28.0. The summed E-state index contributed by atoms with van der Waals surface area (Å²) in [7, 11) is 1.60. The lowest BCUT2D eigenvalue weighted by atomic mass is 10.0. The predicted molar refractivity (Wildman–Crippen MR) is 130 cm³/mol. The smallest absolute Gasteiger partial charge is 0.242 e. The van der Waals surface area contributed by atoms with E-state index in [1.165, 1.54) is 5.56 Å². The number of amides is 2. The van der Waals surface area contributed by atoms with Gasteiger partial charge in [0.2, 0.25) is 11.8 Å². The Morgan fingerprint density at radius 3 is 2.22 bits per heavy atom. The van der Waals surface area contributed by atoms with Crippen LogP contribution in [0.4, 0.5) is 0 Å². The van der Waals surface area contributed by atoms with Gasteiger partial charge in [-0.15, -0.1) is 0 Å². The van der Waals surface area contributed by atoms with Gasteiger partial charge in [-0.1, -0.05) is 90.0 Å². The lowest BCUT2D eigenvalue weighted by molar-refractivity contribution is -0.141. The summed E-state index contributed by atoms with van der Waals surface area (Å²) in [5.41, 5.74) is 4.10. The van der Waals surface area contributed by atoms with Gasteiger partial charge in [0.1, 0.15) is 6.04 Å². The summed E-state index contributed by atoms with van der Waals surface area (Å²) in [6.07, 6.45) is 1.36. The van der Waals surface area contributed by atoms with Crippen LogP contribution in [0, 0.1) is 6.92 Å². The van der Waals surface area contributed by atoms with E-state index in [0.717, 1.165) is 16.7 Å². The monoisotopic (exact) mass is 448 g/mol. The van der Waals surface area contributed by atoms with E-state index >= 15 is 0 Å². The maximum atomic E-state index is 13.5. The van der Waals surface area contributed by atoms with Gasteiger partial charge in [0, 0.05) is 31.5 Å². The highest BCUT2D eigenvalue weighted by molar-refractivity contribution is 6.31. The van der Waals surface area contributed by atoms with Crippen molar-refractivity contribution in [3.63, 3.8) is 0 Å². The van der Waals surface area contributed by atoms with Gasteiger partial charge in [0.15, 0.2) is 0 Å². The molecule has 3 rings (SSSR count). The largest absolute Gasteiger partial charge is 0.357 e. The number of halogens is 1. The van der Waals surface area contributed by atoms with E-state index in [1.54, 1.807) is 18.0 Å². The summed E-state index contributed by atoms with van der Waals surface area (Å²) in [5.74, 6) is -0.264. The normalized spacial score (nSPS) is 11.6. The molecule has 0 fully saturated rings. The first-order valence-corrected chi connectivity index (χ1v) is 11.2. The van der Waals surface area contributed by atoms with Crippen LogP contribution in [0.2, 0.25) is 5.02 Å². The van der Waals surface area contributed by atoms with Crippen molar-refractivity contribution in [2.24, 2.45) is 0 Å². The molecule has 3 aromatic rings. The molecule has 0 aliphatic carbocycles. The third kappa shape index (κ3) is 6.44. The molecule has 0 unspecified atom stereocenters. The number of likely N-dealkylation sites (N-methyl/N-ethyl adjacent to an activating group) is 1. The Morgan fingerprint density at radius 2 is 1.56 bits per heavy atom. The number of hydrogen-bond acceptors (Lipinski definition) is 2. The average Bonchev–Trinajstić information content (AvgIpc) is 2.82. The second kappa shape index (κ2) is 11.5. The summed E-state index contributed by atoms with van der Waals surface area (Å²) in [6.45, 7) is 2.31. The van der Waals surface area contributed by atoms with Gasteiger partial charge in [-0.05, 0) is 36.1 Å². The van der Waals surface area contributed by atoms with E-state index in [1.807, 2.05) is 79.7 Å². The molecule has 0 radical (unpaired) electrons. The molecule has 1 N–H and O–H groups in total. The Morgan fingerprint density at radius 1 is 0.906 bits per heavy atom. The van der Waals surface area contributed by atoms with Crippen molar-refractivity contribution in [1.82, 2.24) is 10.2 Å². The number of nitrogens with zero attached hydrogens (tertiary/aromatic N) is 1. The molecule has 5 heteroatoms. The standard InChI is InChI=1S/C27H29ClN2O2/c1-20-12-14-21(15-13-20)16-17-26(31)30(19-23-10-6-7-11-24(23)28)25(27(32)29-2)18-22-8-4-3-5-9-22/h3-15,25H,16-19H2,1-2H3,(H,29,32)/t25-/m1/s1. The van der Waals surface area contributed by atoms with E-state index in [2.05, 4.69) is 5.32 Å². The van der Waals surface area contributed by atoms with Gasteiger partial charge in [-0.3, -0.25) is 9.59 Å². The lowest BCUT2D eigenvalue weighted by Gasteiger charge is -2.31. The maximum Gasteiger partial charge on any atom is 0.242 e. The van der Waals surface area contributed by atoms with Crippen molar-refractivity contribution in [3.05, 3.63) is 106 Å². The van der Waals surface area contributed by atoms with Crippen LogP contribution in [0.1, 0.15) is 28.7 Å². The summed E-state index contributed by atoms with van der Waals surface area (Å²) >= 11 is 6.40. The SMILES string of the molecule is CNC(=O)[C@@H](Cc1ccccc1)N(Cc1ccccc1Cl)C(=O)CCc1ccc(C)cc1. The zero-order chi connectivity index (χ0) is 22.9. The van der Waals surface area contributed by atoms with Gasteiger partial charge in [-0.2, -0.15) is 0 Å². The number of benzene rings is 3. The van der Waals surface area contributed by atoms with E-state index < -0.39 is 6.04 Å². The fourth-order valence-electron chi connectivity index (χ4n) is 3.68. The van der Waals surface area contributed by atoms with Crippen LogP contribution < -0.4 is 5.32 Å². The van der Waals surface area contributed by atoms with Gasteiger partial charge < -0.3 is 10.2 Å². The number of hydrogen-bond donors (Lipinski definition) is 1. The number of aryl methyl sites for hydroxylation is 2. The van der Waals surface area contributed by atoms with Crippen molar-refractivity contribution >= 4 is 23.4 Å². The molecule has 0 bridgehead atoms. The molecule has 0 saturated heterocycles. The lowest BCUT2D eigenvalue weighted by Crippen LogP contribution is -2.49. The zero-order valence-corrected chi connectivity index (χ0v) is 19.3. The average molecular weight is 449 g/mol. The molecule has 1 atom stereocenters. The first-order chi connectivity index (χ1) is 15.5. The van der Waals surface area contributed by atoms with Gasteiger partial charge >= 0.3 is 0 Å². The number of rotatable bonds is 9. The molecular formula is C27H29ClN2O2. The maximum absolute atomic E-state index is 13.5. The number of nitrogens with one attached hydrogen (secondary N) is 1. The second-order valence-corrected chi connectivity index (χ2v) is 8.33. The highest BCUT2D eigenvalue weighted by Gasteiger charge is 2.30. The third-order valence-corrected chi connectivity index (χ3v) is 5.93. The molecule has 0 aliphatic heterocycles. The minimum Gasteiger partial charge on any atom is -0.357 e. The first-order valence-electron chi connectivity index (χ1n) is 10.8. The van der Waals surface area contributed by atoms with Gasteiger partial charge in [0.25, 0.3) is 0 Å². The minimum atomic E-state index is -0.635. The fourth-order valence-corrected chi connectivity index (χ4v) is 3.88. The van der Waals surface area contributed by atoms with Gasteiger partial charge in [0.05, 0.1) is 0 Å². The molecule has 32 heavy (non-hydrogen) atoms. The molecule has 2 amide bonds. The highest BCUT2D eigenvalue weighted by atomic mass is 35.5. The first kappa shape index (κ1) is 23.6. The topological polar surface area (TPSA) is 49.4 Å². The van der Waals surface area contributed by atoms with Crippen LogP contribution >= 0.6 is 11.6 Å². The molecule has 166 valence electrons. The summed E-state index contributed by atoms with van der Waals surface area (Å²) < 4.78 is 0. The van der Waals surface area contributed by atoms with Crippen molar-refractivity contribution in [2.45, 2.75) is 38.8 Å². The Bertz CT molecular complexity index is 1040. The minimum absolute atomic E-state index is 0.0741. The molecule has 4 nitrogen and oxygen atoms in total. The molecule has 0 spiro atoms. The molecule has 0 aromatic heterocycles. The van der Waals surface area contributed by atoms with Crippen LogP contribution in [0.3, 0.4) is 0 Å². The predicted octanol–water partition coefficient (Wildman–Crippen LogP) is 4.97. The van der Waals surface area contributed by atoms with E-state index in [-0.39, 0.29) is 18.4 Å². The number of carbonyl (C=O) groups excluding carboxylic acids is 2. The summed E-state index contributed by atoms with van der Waals surface area (Å²) in [5, 5.41) is 3.32. The Labute approximate surface area is 195 Å². The molecule has 0 saturated carbocycles. The Hall–Kier alpha value is -3.11. The molecule has 0 aliphatic rings. The Balaban J connectivity index is 1.87. The Kier molecular flexibility index (Phi) is 8.46. The number of carbonyl (C=O) groups is 2. The van der Waals surface area contributed by atoms with Crippen LogP contribution in [-0.2, 0) is 29.0 Å². The van der Waals surface area contributed by atoms with Crippen molar-refractivity contribution in [3.8, 4) is 0 Å². The zero-order valence-electron chi connectivity index (χ0n) is 18.6. The third-order valence-electron chi connectivity index (χ3n) is 5.56. The van der Waals surface area contributed by atoms with Crippen molar-refractivity contribution < 1.29 is 9.59 Å². The quantitative estimate of drug-likeness (QED) is 0.502. The summed E-state index contributed by atoms with van der Waals surface area (Å²) in [6, 6.07) is 24.7. The van der Waals surface area contributed by atoms with Crippen LogP contribution in [0.5, 0.6) is 0 Å². The van der Waals surface area contributed by atoms with E-state index in [9.17, 15) is 9.59 Å². The highest BCUT2D eigenvalue weighted by Crippen LogP contribution is 2.21. The van der Waals surface area contributed by atoms with Crippen LogP contribution in [0.15, 0.2) is 78.9 Å². The van der Waals surface area contributed by atoms with Crippen LogP contribution in [-0.4, -0.2) is 29.8 Å².